The summed E-state index contributed by atoms with van der Waals surface area (Å²) in [5, 5.41) is 12.0. The van der Waals surface area contributed by atoms with E-state index >= 15 is 0 Å². The average Bonchev–Trinajstić information content (AvgIpc) is 2.99. The molecular formula is C15H19Cl2NO. The van der Waals surface area contributed by atoms with Gasteiger partial charge in [0.05, 0.1) is 6.10 Å². The van der Waals surface area contributed by atoms with Crippen LogP contribution in [0.25, 0.3) is 0 Å². The standard InChI is InChI=1S/C15H19Cl2NO/c16-11-2-1-3-12(17)13(11)14(19)15(8-18)7-9-4-5-10(15)6-9/h1-3,9-10,14,19H,4-8,18H2. The molecule has 104 valence electrons. The Labute approximate surface area is 123 Å². The van der Waals surface area contributed by atoms with Crippen LogP contribution in [0.2, 0.25) is 10.0 Å². The molecule has 3 N–H and O–H groups in total. The molecule has 3 rings (SSSR count). The summed E-state index contributed by atoms with van der Waals surface area (Å²) in [6.07, 6.45) is 3.97. The second-order valence-corrected chi connectivity index (χ2v) is 6.87. The molecule has 2 nitrogen and oxygen atoms in total. The van der Waals surface area contributed by atoms with Gasteiger partial charge < -0.3 is 10.8 Å². The molecule has 2 saturated carbocycles. The predicted octanol–water partition coefficient (Wildman–Crippen LogP) is 3.79. The first-order chi connectivity index (χ1) is 9.08. The summed E-state index contributed by atoms with van der Waals surface area (Å²) < 4.78 is 0. The fraction of sp³-hybridized carbons (Fsp3) is 0.600. The van der Waals surface area contributed by atoms with Crippen LogP contribution < -0.4 is 5.73 Å². The van der Waals surface area contributed by atoms with Gasteiger partial charge in [0.15, 0.2) is 0 Å². The van der Waals surface area contributed by atoms with Crippen molar-refractivity contribution in [3.8, 4) is 0 Å². The summed E-state index contributed by atoms with van der Waals surface area (Å²) in [6, 6.07) is 5.36. The van der Waals surface area contributed by atoms with E-state index in [4.69, 9.17) is 28.9 Å². The number of hydrogen-bond acceptors (Lipinski definition) is 2. The number of halogens is 2. The number of fused-ring (bicyclic) bond motifs is 2. The molecule has 0 aliphatic heterocycles. The molecule has 19 heavy (non-hydrogen) atoms. The molecular weight excluding hydrogens is 281 g/mol. The van der Waals surface area contributed by atoms with Crippen LogP contribution in [0, 0.1) is 17.3 Å². The van der Waals surface area contributed by atoms with Gasteiger partial charge in [-0.2, -0.15) is 0 Å². The minimum absolute atomic E-state index is 0.239. The van der Waals surface area contributed by atoms with E-state index in [2.05, 4.69) is 0 Å². The number of aliphatic hydroxyl groups is 1. The molecule has 1 aromatic carbocycles. The molecule has 2 aliphatic rings. The van der Waals surface area contributed by atoms with E-state index in [1.165, 1.54) is 19.3 Å². The minimum Gasteiger partial charge on any atom is -0.388 e. The van der Waals surface area contributed by atoms with Crippen molar-refractivity contribution in [3.05, 3.63) is 33.8 Å². The Kier molecular flexibility index (Phi) is 3.55. The smallest absolute Gasteiger partial charge is 0.0889 e. The third-order valence-corrected chi connectivity index (χ3v) is 5.88. The van der Waals surface area contributed by atoms with E-state index in [1.54, 1.807) is 18.2 Å². The quantitative estimate of drug-likeness (QED) is 0.892. The number of nitrogens with two attached hydrogens (primary N) is 1. The molecule has 2 bridgehead atoms. The van der Waals surface area contributed by atoms with E-state index in [9.17, 15) is 5.11 Å². The second kappa shape index (κ2) is 4.92. The minimum atomic E-state index is -0.658. The largest absolute Gasteiger partial charge is 0.388 e. The van der Waals surface area contributed by atoms with Gasteiger partial charge in [0.1, 0.15) is 0 Å². The van der Waals surface area contributed by atoms with Crippen LogP contribution in [-0.4, -0.2) is 11.7 Å². The summed E-state index contributed by atoms with van der Waals surface area (Å²) in [4.78, 5) is 0. The highest BCUT2D eigenvalue weighted by atomic mass is 35.5. The lowest BCUT2D eigenvalue weighted by molar-refractivity contribution is -0.0129. The average molecular weight is 300 g/mol. The van der Waals surface area contributed by atoms with Crippen molar-refractivity contribution < 1.29 is 5.11 Å². The van der Waals surface area contributed by atoms with Gasteiger partial charge in [-0.25, -0.2) is 0 Å². The third kappa shape index (κ3) is 2.01. The maximum Gasteiger partial charge on any atom is 0.0889 e. The first kappa shape index (κ1) is 13.7. The Hall–Kier alpha value is -0.280. The van der Waals surface area contributed by atoms with E-state index in [-0.39, 0.29) is 5.41 Å². The molecule has 4 heteroatoms. The monoisotopic (exact) mass is 299 g/mol. The summed E-state index contributed by atoms with van der Waals surface area (Å²) in [5.41, 5.74) is 6.47. The molecule has 0 heterocycles. The summed E-state index contributed by atoms with van der Waals surface area (Å²) in [5.74, 6) is 1.22. The third-order valence-electron chi connectivity index (χ3n) is 5.22. The number of rotatable bonds is 3. The maximum atomic E-state index is 10.9. The second-order valence-electron chi connectivity index (χ2n) is 6.06. The van der Waals surface area contributed by atoms with E-state index in [1.807, 2.05) is 0 Å². The van der Waals surface area contributed by atoms with Crippen molar-refractivity contribution in [1.29, 1.82) is 0 Å². The molecule has 0 saturated heterocycles. The van der Waals surface area contributed by atoms with Gasteiger partial charge >= 0.3 is 0 Å². The molecule has 1 aromatic rings. The highest BCUT2D eigenvalue weighted by Gasteiger charge is 2.54. The SMILES string of the molecule is NCC1(C(O)c2c(Cl)cccc2Cl)CC2CCC1C2. The van der Waals surface area contributed by atoms with Crippen molar-refractivity contribution in [1.82, 2.24) is 0 Å². The van der Waals surface area contributed by atoms with Gasteiger partial charge in [-0.15, -0.1) is 0 Å². The van der Waals surface area contributed by atoms with Gasteiger partial charge in [0, 0.05) is 27.6 Å². The number of aliphatic hydroxyl groups excluding tert-OH is 1. The molecule has 2 fully saturated rings. The first-order valence-electron chi connectivity index (χ1n) is 6.90. The fourth-order valence-corrected chi connectivity index (χ4v) is 4.85. The van der Waals surface area contributed by atoms with Gasteiger partial charge in [0.2, 0.25) is 0 Å². The first-order valence-corrected chi connectivity index (χ1v) is 7.66. The molecule has 0 aromatic heterocycles. The molecule has 0 amide bonds. The van der Waals surface area contributed by atoms with Crippen LogP contribution in [0.15, 0.2) is 18.2 Å². The zero-order chi connectivity index (χ0) is 13.6. The lowest BCUT2D eigenvalue weighted by atomic mass is 9.67. The van der Waals surface area contributed by atoms with Crippen molar-refractivity contribution in [3.63, 3.8) is 0 Å². The molecule has 0 radical (unpaired) electrons. The summed E-state index contributed by atoms with van der Waals surface area (Å²) in [7, 11) is 0. The van der Waals surface area contributed by atoms with Crippen LogP contribution in [0.3, 0.4) is 0 Å². The van der Waals surface area contributed by atoms with Gasteiger partial charge in [-0.1, -0.05) is 35.7 Å². The Morgan fingerprint density at radius 1 is 1.32 bits per heavy atom. The van der Waals surface area contributed by atoms with Crippen LogP contribution in [0.4, 0.5) is 0 Å². The van der Waals surface area contributed by atoms with Crippen molar-refractivity contribution in [2.75, 3.05) is 6.54 Å². The van der Waals surface area contributed by atoms with Crippen LogP contribution in [-0.2, 0) is 0 Å². The fourth-order valence-electron chi connectivity index (χ4n) is 4.24. The van der Waals surface area contributed by atoms with Crippen LogP contribution in [0.5, 0.6) is 0 Å². The van der Waals surface area contributed by atoms with Crippen molar-refractivity contribution in [2.45, 2.75) is 31.8 Å². The summed E-state index contributed by atoms with van der Waals surface area (Å²) >= 11 is 12.5. The lowest BCUT2D eigenvalue weighted by Crippen LogP contribution is -2.41. The van der Waals surface area contributed by atoms with E-state index in [0.29, 0.717) is 34.0 Å². The Morgan fingerprint density at radius 2 is 2.00 bits per heavy atom. The van der Waals surface area contributed by atoms with Crippen molar-refractivity contribution in [2.24, 2.45) is 23.0 Å². The van der Waals surface area contributed by atoms with Crippen LogP contribution in [0.1, 0.15) is 37.4 Å². The van der Waals surface area contributed by atoms with E-state index < -0.39 is 6.10 Å². The normalized spacial score (nSPS) is 34.7. The Bertz CT molecular complexity index is 473. The molecule has 4 atom stereocenters. The Balaban J connectivity index is 2.01. The molecule has 0 spiro atoms. The molecule has 2 aliphatic carbocycles. The molecule has 4 unspecified atom stereocenters. The van der Waals surface area contributed by atoms with Crippen LogP contribution >= 0.6 is 23.2 Å². The zero-order valence-electron chi connectivity index (χ0n) is 10.8. The highest BCUT2D eigenvalue weighted by Crippen LogP contribution is 2.61. The zero-order valence-corrected chi connectivity index (χ0v) is 12.3. The topological polar surface area (TPSA) is 46.2 Å². The summed E-state index contributed by atoms with van der Waals surface area (Å²) in [6.45, 7) is 0.497. The number of benzene rings is 1. The lowest BCUT2D eigenvalue weighted by Gasteiger charge is -2.41. The Morgan fingerprint density at radius 3 is 2.47 bits per heavy atom. The van der Waals surface area contributed by atoms with Gasteiger partial charge in [0.25, 0.3) is 0 Å². The number of hydrogen-bond donors (Lipinski definition) is 2. The highest BCUT2D eigenvalue weighted by molar-refractivity contribution is 6.36. The van der Waals surface area contributed by atoms with Gasteiger partial charge in [-0.05, 0) is 43.2 Å². The maximum absolute atomic E-state index is 10.9. The van der Waals surface area contributed by atoms with Crippen molar-refractivity contribution >= 4 is 23.2 Å². The predicted molar refractivity (Wildman–Crippen MR) is 78.4 cm³/mol. The van der Waals surface area contributed by atoms with Gasteiger partial charge in [-0.3, -0.25) is 0 Å². The van der Waals surface area contributed by atoms with E-state index in [0.717, 1.165) is 6.42 Å².